The average molecular weight is 217 g/mol. The van der Waals surface area contributed by atoms with E-state index in [9.17, 15) is 4.79 Å². The monoisotopic (exact) mass is 217 g/mol. The van der Waals surface area contributed by atoms with Crippen LogP contribution in [0.3, 0.4) is 0 Å². The summed E-state index contributed by atoms with van der Waals surface area (Å²) in [4.78, 5) is 21.9. The molecular formula is C11H11N3O2. The second-order valence-corrected chi connectivity index (χ2v) is 3.40. The Morgan fingerprint density at radius 2 is 2.19 bits per heavy atom. The second kappa shape index (κ2) is 4.57. The molecule has 0 fully saturated rings. The van der Waals surface area contributed by atoms with Gasteiger partial charge in [0.05, 0.1) is 12.3 Å². The molecule has 2 rings (SSSR count). The van der Waals surface area contributed by atoms with Crippen molar-refractivity contribution < 1.29 is 9.90 Å². The number of aromatic amines is 1. The number of H-pyrrole nitrogens is 1. The molecule has 0 radical (unpaired) electrons. The second-order valence-electron chi connectivity index (χ2n) is 3.40. The van der Waals surface area contributed by atoms with Gasteiger partial charge in [0.2, 0.25) is 0 Å². The maximum atomic E-state index is 10.8. The van der Waals surface area contributed by atoms with Gasteiger partial charge < -0.3 is 10.1 Å². The molecule has 0 aliphatic rings. The molecule has 5 nitrogen and oxygen atoms in total. The van der Waals surface area contributed by atoms with Gasteiger partial charge in [-0.2, -0.15) is 0 Å². The number of carboxylic acid groups (broad SMARTS) is 1. The summed E-state index contributed by atoms with van der Waals surface area (Å²) in [6, 6.07) is 3.54. The highest BCUT2D eigenvalue weighted by Gasteiger charge is 2.20. The van der Waals surface area contributed by atoms with E-state index < -0.39 is 5.97 Å². The smallest absolute Gasteiger partial charge is 0.304 e. The van der Waals surface area contributed by atoms with Gasteiger partial charge in [-0.1, -0.05) is 0 Å². The lowest BCUT2D eigenvalue weighted by molar-refractivity contribution is -0.137. The quantitative estimate of drug-likeness (QED) is 0.811. The number of hydrogen-bond donors (Lipinski definition) is 2. The lowest BCUT2D eigenvalue weighted by atomic mass is 9.97. The number of rotatable bonds is 4. The molecule has 2 aromatic heterocycles. The Morgan fingerprint density at radius 3 is 2.75 bits per heavy atom. The fourth-order valence-corrected chi connectivity index (χ4v) is 1.58. The molecule has 2 heterocycles. The van der Waals surface area contributed by atoms with Crippen molar-refractivity contribution >= 4 is 5.97 Å². The number of hydrogen-bond acceptors (Lipinski definition) is 3. The standard InChI is InChI=1S/C11H11N3O2/c15-10(16)6-9(8-2-5-12-7-8)11-13-3-1-4-14-11/h1-5,7,9,12H,6H2,(H,15,16). The molecule has 1 unspecified atom stereocenters. The first-order valence-corrected chi connectivity index (χ1v) is 4.89. The number of nitrogens with one attached hydrogen (secondary N) is 1. The summed E-state index contributed by atoms with van der Waals surface area (Å²) in [6.45, 7) is 0. The van der Waals surface area contributed by atoms with E-state index in [1.54, 1.807) is 30.9 Å². The number of aromatic nitrogens is 3. The van der Waals surface area contributed by atoms with Gasteiger partial charge in [0.15, 0.2) is 0 Å². The van der Waals surface area contributed by atoms with E-state index in [1.165, 1.54) is 0 Å². The Kier molecular flexibility index (Phi) is 2.95. The molecule has 0 saturated carbocycles. The van der Waals surface area contributed by atoms with Gasteiger partial charge in [-0.05, 0) is 17.7 Å². The van der Waals surface area contributed by atoms with Crippen molar-refractivity contribution in [2.45, 2.75) is 12.3 Å². The molecule has 1 atom stereocenters. The molecule has 0 aliphatic carbocycles. The molecule has 2 aromatic rings. The first kappa shape index (κ1) is 10.4. The third kappa shape index (κ3) is 2.25. The molecule has 0 aromatic carbocycles. The zero-order valence-corrected chi connectivity index (χ0v) is 8.50. The van der Waals surface area contributed by atoms with Crippen LogP contribution in [0.4, 0.5) is 0 Å². The normalized spacial score (nSPS) is 12.2. The summed E-state index contributed by atoms with van der Waals surface area (Å²) in [7, 11) is 0. The lowest BCUT2D eigenvalue weighted by Crippen LogP contribution is -2.10. The molecule has 2 N–H and O–H groups in total. The van der Waals surface area contributed by atoms with Crippen molar-refractivity contribution in [3.8, 4) is 0 Å². The van der Waals surface area contributed by atoms with Crippen molar-refractivity contribution in [1.29, 1.82) is 0 Å². The summed E-state index contributed by atoms with van der Waals surface area (Å²) in [5.41, 5.74) is 0.883. The molecule has 0 aliphatic heterocycles. The number of carbonyl (C=O) groups is 1. The highest BCUT2D eigenvalue weighted by Crippen LogP contribution is 2.24. The predicted octanol–water partition coefficient (Wildman–Crippen LogP) is 1.41. The minimum absolute atomic E-state index is 0.0120. The Morgan fingerprint density at radius 1 is 1.44 bits per heavy atom. The topological polar surface area (TPSA) is 78.9 Å². The van der Waals surface area contributed by atoms with Crippen LogP contribution in [0.15, 0.2) is 36.9 Å². The van der Waals surface area contributed by atoms with Crippen molar-refractivity contribution in [2.75, 3.05) is 0 Å². The maximum Gasteiger partial charge on any atom is 0.304 e. The maximum absolute atomic E-state index is 10.8. The van der Waals surface area contributed by atoms with Crippen LogP contribution >= 0.6 is 0 Å². The molecule has 5 heteroatoms. The van der Waals surface area contributed by atoms with Gasteiger partial charge in [0, 0.05) is 24.8 Å². The Bertz CT molecular complexity index is 453. The van der Waals surface area contributed by atoms with Crippen LogP contribution in [-0.2, 0) is 4.79 Å². The first-order chi connectivity index (χ1) is 7.77. The van der Waals surface area contributed by atoms with Crippen LogP contribution in [0.5, 0.6) is 0 Å². The Hall–Kier alpha value is -2.17. The van der Waals surface area contributed by atoms with Crippen LogP contribution in [0.2, 0.25) is 0 Å². The third-order valence-electron chi connectivity index (χ3n) is 2.30. The number of aliphatic carboxylic acids is 1. The lowest BCUT2D eigenvalue weighted by Gasteiger charge is -2.11. The van der Waals surface area contributed by atoms with Crippen LogP contribution in [0.1, 0.15) is 23.7 Å². The highest BCUT2D eigenvalue weighted by molar-refractivity contribution is 5.68. The van der Waals surface area contributed by atoms with E-state index in [4.69, 9.17) is 5.11 Å². The molecule has 82 valence electrons. The van der Waals surface area contributed by atoms with Crippen molar-refractivity contribution in [2.24, 2.45) is 0 Å². The summed E-state index contributed by atoms with van der Waals surface area (Å²) >= 11 is 0. The zero-order chi connectivity index (χ0) is 11.4. The molecule has 0 spiro atoms. The van der Waals surface area contributed by atoms with E-state index >= 15 is 0 Å². The van der Waals surface area contributed by atoms with Gasteiger partial charge in [-0.15, -0.1) is 0 Å². The first-order valence-electron chi connectivity index (χ1n) is 4.89. The van der Waals surface area contributed by atoms with Gasteiger partial charge in [-0.3, -0.25) is 4.79 Å². The third-order valence-corrected chi connectivity index (χ3v) is 2.30. The molecule has 16 heavy (non-hydrogen) atoms. The van der Waals surface area contributed by atoms with E-state index in [0.29, 0.717) is 5.82 Å². The highest BCUT2D eigenvalue weighted by atomic mass is 16.4. The van der Waals surface area contributed by atoms with Crippen molar-refractivity contribution in [1.82, 2.24) is 15.0 Å². The van der Waals surface area contributed by atoms with E-state index in [0.717, 1.165) is 5.56 Å². The van der Waals surface area contributed by atoms with Gasteiger partial charge in [0.1, 0.15) is 5.82 Å². The van der Waals surface area contributed by atoms with Crippen LogP contribution < -0.4 is 0 Å². The molecule has 0 amide bonds. The van der Waals surface area contributed by atoms with Crippen LogP contribution in [-0.4, -0.2) is 26.0 Å². The van der Waals surface area contributed by atoms with Crippen LogP contribution in [0.25, 0.3) is 0 Å². The Labute approximate surface area is 92.2 Å². The van der Waals surface area contributed by atoms with Crippen LogP contribution in [0, 0.1) is 0 Å². The number of nitrogens with zero attached hydrogens (tertiary/aromatic N) is 2. The average Bonchev–Trinajstić information content (AvgIpc) is 2.80. The van der Waals surface area contributed by atoms with Crippen molar-refractivity contribution in [3.63, 3.8) is 0 Å². The fraction of sp³-hybridized carbons (Fsp3) is 0.182. The summed E-state index contributed by atoms with van der Waals surface area (Å²) in [5, 5.41) is 8.88. The number of carboxylic acids is 1. The Balaban J connectivity index is 2.32. The van der Waals surface area contributed by atoms with E-state index in [-0.39, 0.29) is 12.3 Å². The van der Waals surface area contributed by atoms with Crippen molar-refractivity contribution in [3.05, 3.63) is 48.3 Å². The van der Waals surface area contributed by atoms with E-state index in [1.807, 2.05) is 6.07 Å². The fourth-order valence-electron chi connectivity index (χ4n) is 1.58. The summed E-state index contributed by atoms with van der Waals surface area (Å²) in [5.74, 6) is -0.631. The zero-order valence-electron chi connectivity index (χ0n) is 8.50. The van der Waals surface area contributed by atoms with E-state index in [2.05, 4.69) is 15.0 Å². The van der Waals surface area contributed by atoms with Gasteiger partial charge in [0.25, 0.3) is 0 Å². The SMILES string of the molecule is O=C(O)CC(c1cc[nH]c1)c1ncccn1. The molecular weight excluding hydrogens is 206 g/mol. The summed E-state index contributed by atoms with van der Waals surface area (Å²) < 4.78 is 0. The van der Waals surface area contributed by atoms with Gasteiger partial charge >= 0.3 is 5.97 Å². The predicted molar refractivity (Wildman–Crippen MR) is 56.9 cm³/mol. The minimum atomic E-state index is -0.862. The molecule has 0 saturated heterocycles. The largest absolute Gasteiger partial charge is 0.481 e. The summed E-state index contributed by atoms with van der Waals surface area (Å²) in [6.07, 6.45) is 6.74. The minimum Gasteiger partial charge on any atom is -0.481 e. The van der Waals surface area contributed by atoms with Gasteiger partial charge in [-0.25, -0.2) is 9.97 Å². The molecule has 0 bridgehead atoms.